The van der Waals surface area contributed by atoms with E-state index in [-0.39, 0.29) is 5.91 Å². The molecule has 4 rings (SSSR count). The molecule has 0 radical (unpaired) electrons. The molecule has 1 amide bonds. The highest BCUT2D eigenvalue weighted by atomic mass is 32.2. The van der Waals surface area contributed by atoms with Crippen molar-refractivity contribution in [1.82, 2.24) is 14.8 Å². The maximum absolute atomic E-state index is 13.3. The summed E-state index contributed by atoms with van der Waals surface area (Å²) in [6.45, 7) is 4.04. The zero-order valence-corrected chi connectivity index (χ0v) is 17.6. The first-order valence-electron chi connectivity index (χ1n) is 9.66. The molecule has 1 N–H and O–H groups in total. The normalized spacial score (nSPS) is 11.8. The number of carbonyl (C=O) groups excluding carboxylic acids is 1. The molecular weight excluding hydrogens is 392 g/mol. The second kappa shape index (κ2) is 8.97. The lowest BCUT2D eigenvalue weighted by molar-refractivity contribution is -0.115. The van der Waals surface area contributed by atoms with Gasteiger partial charge in [-0.15, -0.1) is 10.2 Å². The lowest BCUT2D eigenvalue weighted by atomic mass is 10.1. The molecule has 0 fully saturated rings. The van der Waals surface area contributed by atoms with Crippen LogP contribution < -0.4 is 5.32 Å². The zero-order chi connectivity index (χ0) is 20.9. The van der Waals surface area contributed by atoms with Gasteiger partial charge >= 0.3 is 0 Å². The molecule has 0 spiro atoms. The number of anilines is 1. The Bertz CT molecular complexity index is 1120. The molecule has 30 heavy (non-hydrogen) atoms. The number of benzene rings is 3. The van der Waals surface area contributed by atoms with Gasteiger partial charge in [-0.1, -0.05) is 66.4 Å². The minimum absolute atomic E-state index is 0.0983. The predicted molar refractivity (Wildman–Crippen MR) is 121 cm³/mol. The lowest BCUT2D eigenvalue weighted by Gasteiger charge is -2.17. The van der Waals surface area contributed by atoms with Gasteiger partial charge < -0.3 is 5.32 Å². The van der Waals surface area contributed by atoms with Gasteiger partial charge in [0.05, 0.1) is 0 Å². The Morgan fingerprint density at radius 2 is 1.57 bits per heavy atom. The molecule has 0 unspecified atom stereocenters. The Hall–Kier alpha value is -3.38. The van der Waals surface area contributed by atoms with Crippen molar-refractivity contribution in [3.8, 4) is 5.69 Å². The van der Waals surface area contributed by atoms with Gasteiger partial charge in [0.25, 0.3) is 0 Å². The molecule has 0 saturated heterocycles. The SMILES string of the molecule is Cc1cc(C)cc(NC(=O)[C@@H](Sc2nncn2-c2ccccc2)c2ccccc2)c1. The largest absolute Gasteiger partial charge is 0.325 e. The third-order valence-electron chi connectivity index (χ3n) is 4.60. The van der Waals surface area contributed by atoms with Crippen molar-refractivity contribution in [1.29, 1.82) is 0 Å². The number of rotatable bonds is 6. The number of thioether (sulfide) groups is 1. The number of hydrogen-bond acceptors (Lipinski definition) is 4. The van der Waals surface area contributed by atoms with Crippen molar-refractivity contribution in [2.45, 2.75) is 24.3 Å². The first-order valence-corrected chi connectivity index (χ1v) is 10.5. The van der Waals surface area contributed by atoms with Gasteiger partial charge in [0, 0.05) is 11.4 Å². The van der Waals surface area contributed by atoms with E-state index in [1.165, 1.54) is 11.8 Å². The highest BCUT2D eigenvalue weighted by Gasteiger charge is 2.25. The van der Waals surface area contributed by atoms with E-state index in [1.54, 1.807) is 6.33 Å². The van der Waals surface area contributed by atoms with Gasteiger partial charge in [-0.05, 0) is 54.8 Å². The molecule has 0 aliphatic carbocycles. The van der Waals surface area contributed by atoms with Gasteiger partial charge in [-0.3, -0.25) is 9.36 Å². The van der Waals surface area contributed by atoms with Crippen LogP contribution in [0.1, 0.15) is 21.9 Å². The molecule has 4 aromatic rings. The molecule has 1 heterocycles. The summed E-state index contributed by atoms with van der Waals surface area (Å²) >= 11 is 1.38. The van der Waals surface area contributed by atoms with Crippen LogP contribution in [0, 0.1) is 13.8 Å². The minimum atomic E-state index is -0.473. The zero-order valence-electron chi connectivity index (χ0n) is 16.8. The van der Waals surface area contributed by atoms with Crippen molar-refractivity contribution in [3.05, 3.63) is 102 Å². The van der Waals surface area contributed by atoms with Gasteiger partial charge in [-0.2, -0.15) is 0 Å². The van der Waals surface area contributed by atoms with Crippen LogP contribution in [0.15, 0.2) is 90.3 Å². The Morgan fingerprint density at radius 1 is 0.933 bits per heavy atom. The average Bonchev–Trinajstić information content (AvgIpc) is 3.21. The summed E-state index contributed by atoms with van der Waals surface area (Å²) in [5.74, 6) is -0.0983. The van der Waals surface area contributed by atoms with E-state index >= 15 is 0 Å². The second-order valence-corrected chi connectivity index (χ2v) is 8.17. The molecule has 5 nitrogen and oxygen atoms in total. The van der Waals surface area contributed by atoms with E-state index in [4.69, 9.17) is 0 Å². The topological polar surface area (TPSA) is 59.8 Å². The Labute approximate surface area is 180 Å². The van der Waals surface area contributed by atoms with Crippen LogP contribution in [0.4, 0.5) is 5.69 Å². The molecule has 0 aliphatic rings. The smallest absolute Gasteiger partial charge is 0.242 e. The van der Waals surface area contributed by atoms with Crippen LogP contribution in [0.3, 0.4) is 0 Å². The van der Waals surface area contributed by atoms with Crippen LogP contribution in [0.25, 0.3) is 5.69 Å². The number of para-hydroxylation sites is 1. The number of amides is 1. The Morgan fingerprint density at radius 3 is 2.23 bits per heavy atom. The molecule has 0 bridgehead atoms. The van der Waals surface area contributed by atoms with Crippen LogP contribution in [0.2, 0.25) is 0 Å². The molecule has 0 aliphatic heterocycles. The number of nitrogens with one attached hydrogen (secondary N) is 1. The van der Waals surface area contributed by atoms with Crippen LogP contribution in [0.5, 0.6) is 0 Å². The second-order valence-electron chi connectivity index (χ2n) is 7.09. The van der Waals surface area contributed by atoms with Crippen molar-refractivity contribution in [3.63, 3.8) is 0 Å². The van der Waals surface area contributed by atoms with Crippen molar-refractivity contribution in [2.75, 3.05) is 5.32 Å². The maximum atomic E-state index is 13.3. The quantitative estimate of drug-likeness (QED) is 0.432. The molecule has 6 heteroatoms. The molecular formula is C24H22N4OS. The molecule has 1 atom stereocenters. The Balaban J connectivity index is 1.65. The Kier molecular flexibility index (Phi) is 5.95. The van der Waals surface area contributed by atoms with Crippen LogP contribution >= 0.6 is 11.8 Å². The number of carbonyl (C=O) groups is 1. The number of hydrogen-bond donors (Lipinski definition) is 1. The summed E-state index contributed by atoms with van der Waals surface area (Å²) in [5.41, 5.74) is 4.87. The first-order chi connectivity index (χ1) is 14.6. The fourth-order valence-corrected chi connectivity index (χ4v) is 4.36. The molecule has 3 aromatic carbocycles. The summed E-state index contributed by atoms with van der Waals surface area (Å²) in [4.78, 5) is 13.3. The summed E-state index contributed by atoms with van der Waals surface area (Å²) in [5, 5.41) is 11.6. The maximum Gasteiger partial charge on any atom is 0.242 e. The third-order valence-corrected chi connectivity index (χ3v) is 5.81. The average molecular weight is 415 g/mol. The first kappa shape index (κ1) is 19.9. The highest BCUT2D eigenvalue weighted by Crippen LogP contribution is 2.36. The fourth-order valence-electron chi connectivity index (χ4n) is 3.33. The summed E-state index contributed by atoms with van der Waals surface area (Å²) in [6.07, 6.45) is 1.67. The number of aryl methyl sites for hydroxylation is 2. The molecule has 150 valence electrons. The predicted octanol–water partition coefficient (Wildman–Crippen LogP) is 5.36. The van der Waals surface area contributed by atoms with Gasteiger partial charge in [0.1, 0.15) is 11.6 Å². The summed E-state index contributed by atoms with van der Waals surface area (Å²) in [6, 6.07) is 25.6. The molecule has 0 saturated carbocycles. The van der Waals surface area contributed by atoms with E-state index in [9.17, 15) is 4.79 Å². The van der Waals surface area contributed by atoms with Gasteiger partial charge in [-0.25, -0.2) is 0 Å². The van der Waals surface area contributed by atoms with Gasteiger partial charge in [0.15, 0.2) is 5.16 Å². The van der Waals surface area contributed by atoms with Crippen molar-refractivity contribution < 1.29 is 4.79 Å². The van der Waals surface area contributed by atoms with E-state index < -0.39 is 5.25 Å². The monoisotopic (exact) mass is 414 g/mol. The van der Waals surface area contributed by atoms with Crippen molar-refractivity contribution in [2.24, 2.45) is 0 Å². The van der Waals surface area contributed by atoms with E-state index in [0.29, 0.717) is 5.16 Å². The number of aromatic nitrogens is 3. The van der Waals surface area contributed by atoms with Gasteiger partial charge in [0.2, 0.25) is 5.91 Å². The van der Waals surface area contributed by atoms with E-state index in [2.05, 4.69) is 21.6 Å². The highest BCUT2D eigenvalue weighted by molar-refractivity contribution is 8.00. The lowest BCUT2D eigenvalue weighted by Crippen LogP contribution is -2.19. The summed E-state index contributed by atoms with van der Waals surface area (Å²) < 4.78 is 1.89. The minimum Gasteiger partial charge on any atom is -0.325 e. The standard InChI is InChI=1S/C24H22N4OS/c1-17-13-18(2)15-20(14-17)26-23(29)22(19-9-5-3-6-10-19)30-24-27-25-16-28(24)21-11-7-4-8-12-21/h3-16,22H,1-2H3,(H,26,29)/t22-/m0/s1. The van der Waals surface area contributed by atoms with Crippen LogP contribution in [-0.2, 0) is 4.79 Å². The summed E-state index contributed by atoms with van der Waals surface area (Å²) in [7, 11) is 0. The fraction of sp³-hybridized carbons (Fsp3) is 0.125. The van der Waals surface area contributed by atoms with E-state index in [0.717, 1.165) is 28.1 Å². The van der Waals surface area contributed by atoms with E-state index in [1.807, 2.05) is 91.2 Å². The molecule has 1 aromatic heterocycles. The third kappa shape index (κ3) is 4.60. The van der Waals surface area contributed by atoms with Crippen LogP contribution in [-0.4, -0.2) is 20.7 Å². The number of nitrogens with zero attached hydrogens (tertiary/aromatic N) is 3. The van der Waals surface area contributed by atoms with Crippen molar-refractivity contribution >= 4 is 23.4 Å².